The van der Waals surface area contributed by atoms with Crippen LogP contribution in [0.2, 0.25) is 0 Å². The minimum absolute atomic E-state index is 0.0617. The number of hydrogen-bond acceptors (Lipinski definition) is 3. The number of nitrogens with zero attached hydrogens (tertiary/aromatic N) is 1. The van der Waals surface area contributed by atoms with Crippen LogP contribution >= 0.6 is 0 Å². The van der Waals surface area contributed by atoms with Crippen LogP contribution in [0.3, 0.4) is 0 Å². The van der Waals surface area contributed by atoms with Crippen molar-refractivity contribution in [3.8, 4) is 11.3 Å². The molecule has 0 spiro atoms. The number of carbonyl (C=O) groups is 1. The molecule has 0 aliphatic carbocycles. The van der Waals surface area contributed by atoms with Gasteiger partial charge in [0.1, 0.15) is 0 Å². The van der Waals surface area contributed by atoms with Crippen molar-refractivity contribution in [3.63, 3.8) is 0 Å². The Hall–Kier alpha value is -3.14. The molecule has 0 radical (unpaired) electrons. The van der Waals surface area contributed by atoms with Gasteiger partial charge < -0.3 is 9.30 Å². The largest absolute Gasteiger partial charge is 0.465 e. The zero-order valence-corrected chi connectivity index (χ0v) is 13.3. The van der Waals surface area contributed by atoms with Crippen molar-refractivity contribution >= 4 is 5.97 Å². The van der Waals surface area contributed by atoms with Gasteiger partial charge in [0.2, 0.25) is 0 Å². The van der Waals surface area contributed by atoms with E-state index in [0.29, 0.717) is 12.1 Å². The molecule has 3 aromatic rings. The highest BCUT2D eigenvalue weighted by molar-refractivity contribution is 5.89. The van der Waals surface area contributed by atoms with Crippen LogP contribution in [0.1, 0.15) is 15.9 Å². The number of esters is 1. The Kier molecular flexibility index (Phi) is 4.57. The van der Waals surface area contributed by atoms with Crippen LogP contribution in [-0.4, -0.2) is 17.6 Å². The first-order chi connectivity index (χ1) is 11.7. The lowest BCUT2D eigenvalue weighted by atomic mass is 10.1. The summed E-state index contributed by atoms with van der Waals surface area (Å²) in [6.45, 7) is 0.436. The van der Waals surface area contributed by atoms with Gasteiger partial charge in [0.15, 0.2) is 0 Å². The molecule has 4 nitrogen and oxygen atoms in total. The Morgan fingerprint density at radius 2 is 1.62 bits per heavy atom. The molecule has 3 rings (SSSR count). The molecule has 0 saturated carbocycles. The molecule has 0 saturated heterocycles. The van der Waals surface area contributed by atoms with Crippen molar-refractivity contribution in [3.05, 3.63) is 94.3 Å². The maximum absolute atomic E-state index is 12.3. The number of methoxy groups -OCH3 is 1. The van der Waals surface area contributed by atoms with Gasteiger partial charge in [-0.2, -0.15) is 0 Å². The number of benzene rings is 2. The second kappa shape index (κ2) is 6.96. The Bertz CT molecular complexity index is 896. The molecule has 1 aromatic heterocycles. The number of pyridine rings is 1. The third kappa shape index (κ3) is 3.27. The molecule has 4 heteroatoms. The van der Waals surface area contributed by atoms with Crippen molar-refractivity contribution < 1.29 is 9.53 Å². The first-order valence-electron chi connectivity index (χ1n) is 7.61. The lowest BCUT2D eigenvalue weighted by Crippen LogP contribution is -2.21. The van der Waals surface area contributed by atoms with Gasteiger partial charge in [0, 0.05) is 6.07 Å². The third-order valence-electron chi connectivity index (χ3n) is 3.83. The van der Waals surface area contributed by atoms with Crippen molar-refractivity contribution in [2.24, 2.45) is 0 Å². The zero-order valence-electron chi connectivity index (χ0n) is 13.3. The van der Waals surface area contributed by atoms with E-state index in [9.17, 15) is 9.59 Å². The molecule has 1 heterocycles. The van der Waals surface area contributed by atoms with Gasteiger partial charge >= 0.3 is 5.97 Å². The second-order valence-electron chi connectivity index (χ2n) is 5.39. The van der Waals surface area contributed by atoms with E-state index in [2.05, 4.69) is 0 Å². The maximum atomic E-state index is 12.3. The van der Waals surface area contributed by atoms with Crippen LogP contribution in [0.25, 0.3) is 11.3 Å². The number of hydrogen-bond donors (Lipinski definition) is 0. The Balaban J connectivity index is 1.96. The summed E-state index contributed by atoms with van der Waals surface area (Å²) in [5.41, 5.74) is 3.22. The first-order valence-corrected chi connectivity index (χ1v) is 7.61. The van der Waals surface area contributed by atoms with Crippen LogP contribution < -0.4 is 5.56 Å². The Morgan fingerprint density at radius 1 is 0.917 bits per heavy atom. The monoisotopic (exact) mass is 319 g/mol. The molecule has 0 unspecified atom stereocenters. The summed E-state index contributed by atoms with van der Waals surface area (Å²) in [4.78, 5) is 23.8. The van der Waals surface area contributed by atoms with Crippen LogP contribution in [0.5, 0.6) is 0 Å². The molecule has 0 aliphatic rings. The molecule has 0 N–H and O–H groups in total. The molecule has 0 bridgehead atoms. The highest BCUT2D eigenvalue weighted by atomic mass is 16.5. The summed E-state index contributed by atoms with van der Waals surface area (Å²) >= 11 is 0. The topological polar surface area (TPSA) is 48.3 Å². The normalized spacial score (nSPS) is 10.4. The SMILES string of the molecule is COC(=O)c1ccc(Cn2c(-c3ccccc3)cccc2=O)cc1. The second-order valence-corrected chi connectivity index (χ2v) is 5.39. The maximum Gasteiger partial charge on any atom is 0.337 e. The molecular formula is C20H17NO3. The molecule has 24 heavy (non-hydrogen) atoms. The average Bonchev–Trinajstić information content (AvgIpc) is 2.64. The summed E-state index contributed by atoms with van der Waals surface area (Å²) in [6, 6.07) is 22.1. The number of carbonyl (C=O) groups excluding carboxylic acids is 1. The van der Waals surface area contributed by atoms with Crippen LogP contribution in [-0.2, 0) is 11.3 Å². The zero-order chi connectivity index (χ0) is 16.9. The average molecular weight is 319 g/mol. The summed E-state index contributed by atoms with van der Waals surface area (Å²) in [7, 11) is 1.35. The lowest BCUT2D eigenvalue weighted by Gasteiger charge is -2.13. The molecule has 0 amide bonds. The predicted octanol–water partition coefficient (Wildman–Crippen LogP) is 3.35. The summed E-state index contributed by atoms with van der Waals surface area (Å²) < 4.78 is 6.42. The highest BCUT2D eigenvalue weighted by Crippen LogP contribution is 2.18. The minimum Gasteiger partial charge on any atom is -0.465 e. The first kappa shape index (κ1) is 15.7. The van der Waals surface area contributed by atoms with E-state index in [1.54, 1.807) is 28.8 Å². The van der Waals surface area contributed by atoms with Crippen LogP contribution in [0.4, 0.5) is 0 Å². The van der Waals surface area contributed by atoms with Crippen molar-refractivity contribution in [2.75, 3.05) is 7.11 Å². The summed E-state index contributed by atoms with van der Waals surface area (Å²) in [6.07, 6.45) is 0. The molecule has 0 fully saturated rings. The van der Waals surface area contributed by atoms with E-state index in [1.807, 2.05) is 48.5 Å². The molecule has 120 valence electrons. The van der Waals surface area contributed by atoms with Crippen LogP contribution in [0.15, 0.2) is 77.6 Å². The van der Waals surface area contributed by atoms with Gasteiger partial charge in [-0.3, -0.25) is 4.79 Å². The van der Waals surface area contributed by atoms with Gasteiger partial charge in [-0.05, 0) is 29.3 Å². The minimum atomic E-state index is -0.372. The standard InChI is InChI=1S/C20H17NO3/c1-24-20(23)17-12-10-15(11-13-17)14-21-18(8-5-9-19(21)22)16-6-3-2-4-7-16/h2-13H,14H2,1H3. The molecular weight excluding hydrogens is 302 g/mol. The van der Waals surface area contributed by atoms with E-state index < -0.39 is 0 Å². The predicted molar refractivity (Wildman–Crippen MR) is 93.0 cm³/mol. The molecule has 0 aliphatic heterocycles. The molecule has 2 aromatic carbocycles. The van der Waals surface area contributed by atoms with Crippen molar-refractivity contribution in [2.45, 2.75) is 6.54 Å². The fourth-order valence-electron chi connectivity index (χ4n) is 2.59. The van der Waals surface area contributed by atoms with Gasteiger partial charge in [-0.25, -0.2) is 4.79 Å². The Labute approximate surface area is 140 Å². The molecule has 0 atom stereocenters. The fraction of sp³-hybridized carbons (Fsp3) is 0.100. The fourth-order valence-corrected chi connectivity index (χ4v) is 2.59. The smallest absolute Gasteiger partial charge is 0.337 e. The van der Waals surface area contributed by atoms with Crippen LogP contribution in [0, 0.1) is 0 Å². The van der Waals surface area contributed by atoms with E-state index >= 15 is 0 Å². The quantitative estimate of drug-likeness (QED) is 0.693. The van der Waals surface area contributed by atoms with Gasteiger partial charge in [0.25, 0.3) is 5.56 Å². The number of aromatic nitrogens is 1. The van der Waals surface area contributed by atoms with E-state index in [0.717, 1.165) is 16.8 Å². The van der Waals surface area contributed by atoms with Gasteiger partial charge in [-0.1, -0.05) is 48.5 Å². The van der Waals surface area contributed by atoms with Gasteiger partial charge in [-0.15, -0.1) is 0 Å². The number of ether oxygens (including phenoxy) is 1. The summed E-state index contributed by atoms with van der Waals surface area (Å²) in [5.74, 6) is -0.372. The third-order valence-corrected chi connectivity index (χ3v) is 3.83. The highest BCUT2D eigenvalue weighted by Gasteiger charge is 2.08. The van der Waals surface area contributed by atoms with Gasteiger partial charge in [0.05, 0.1) is 24.9 Å². The van der Waals surface area contributed by atoms with E-state index in [1.165, 1.54) is 7.11 Å². The lowest BCUT2D eigenvalue weighted by molar-refractivity contribution is 0.0600. The summed E-state index contributed by atoms with van der Waals surface area (Å²) in [5, 5.41) is 0. The number of rotatable bonds is 4. The van der Waals surface area contributed by atoms with E-state index in [-0.39, 0.29) is 11.5 Å². The van der Waals surface area contributed by atoms with Crippen molar-refractivity contribution in [1.82, 2.24) is 4.57 Å². The van der Waals surface area contributed by atoms with Crippen molar-refractivity contribution in [1.29, 1.82) is 0 Å². The Morgan fingerprint density at radius 3 is 2.29 bits per heavy atom. The van der Waals surface area contributed by atoms with E-state index in [4.69, 9.17) is 4.74 Å².